The highest BCUT2D eigenvalue weighted by Crippen LogP contribution is 2.12. The zero-order chi connectivity index (χ0) is 13.7. The van der Waals surface area contributed by atoms with Gasteiger partial charge < -0.3 is 16.0 Å². The molecule has 0 atom stereocenters. The van der Waals surface area contributed by atoms with Crippen LogP contribution < -0.4 is 16.0 Å². The highest BCUT2D eigenvalue weighted by atomic mass is 32.1. The van der Waals surface area contributed by atoms with Gasteiger partial charge in [-0.2, -0.15) is 0 Å². The molecule has 0 fully saturated rings. The second-order valence-electron chi connectivity index (χ2n) is 4.34. The summed E-state index contributed by atoms with van der Waals surface area (Å²) >= 11 is 4.87. The van der Waals surface area contributed by atoms with Crippen LogP contribution in [0.15, 0.2) is 18.3 Å². The van der Waals surface area contributed by atoms with Gasteiger partial charge in [-0.15, -0.1) is 0 Å². The third kappa shape index (κ3) is 4.29. The Morgan fingerprint density at radius 3 is 2.83 bits per heavy atom. The first kappa shape index (κ1) is 14.4. The number of pyridine rings is 1. The van der Waals surface area contributed by atoms with Crippen molar-refractivity contribution < 1.29 is 4.79 Å². The average molecular weight is 266 g/mol. The molecular weight excluding hydrogens is 248 g/mol. The summed E-state index contributed by atoms with van der Waals surface area (Å²) in [7, 11) is 1.83. The molecule has 98 valence electrons. The van der Waals surface area contributed by atoms with E-state index in [0.717, 1.165) is 5.69 Å². The summed E-state index contributed by atoms with van der Waals surface area (Å²) < 4.78 is 0. The van der Waals surface area contributed by atoms with Crippen LogP contribution in [0.4, 0.5) is 5.69 Å². The molecule has 0 aliphatic rings. The Bertz CT molecular complexity index is 447. The number of hydrogen-bond acceptors (Lipinski definition) is 4. The number of rotatable bonds is 5. The molecule has 0 unspecified atom stereocenters. The molecule has 1 amide bonds. The van der Waals surface area contributed by atoms with Gasteiger partial charge in [-0.25, -0.2) is 0 Å². The monoisotopic (exact) mass is 266 g/mol. The molecule has 5 nitrogen and oxygen atoms in total. The number of carbonyl (C=O) groups excluding carboxylic acids is 1. The number of nitrogens with one attached hydrogen (secondary N) is 1. The Labute approximate surface area is 112 Å². The Balaban J connectivity index is 2.72. The lowest BCUT2D eigenvalue weighted by molar-refractivity contribution is -0.120. The van der Waals surface area contributed by atoms with Crippen LogP contribution >= 0.6 is 12.2 Å². The van der Waals surface area contributed by atoms with E-state index in [2.05, 4.69) is 10.3 Å². The van der Waals surface area contributed by atoms with Gasteiger partial charge in [0.2, 0.25) is 5.91 Å². The molecule has 0 bridgehead atoms. The number of thiocarbonyl (C=S) groups is 1. The average Bonchev–Trinajstić information content (AvgIpc) is 2.27. The SMILES string of the molecule is CC(C)NC(=O)CN(C)c1ccnc(C(N)=S)c1. The molecule has 1 aromatic heterocycles. The van der Waals surface area contributed by atoms with Gasteiger partial charge >= 0.3 is 0 Å². The Morgan fingerprint density at radius 1 is 1.61 bits per heavy atom. The highest BCUT2D eigenvalue weighted by molar-refractivity contribution is 7.80. The lowest BCUT2D eigenvalue weighted by Crippen LogP contribution is -2.38. The van der Waals surface area contributed by atoms with Crippen LogP contribution in [0.3, 0.4) is 0 Å². The summed E-state index contributed by atoms with van der Waals surface area (Å²) in [5.74, 6) is -0.0267. The third-order valence-electron chi connectivity index (χ3n) is 2.27. The van der Waals surface area contributed by atoms with Crippen LogP contribution in [-0.2, 0) is 4.79 Å². The lowest BCUT2D eigenvalue weighted by atomic mass is 10.3. The summed E-state index contributed by atoms with van der Waals surface area (Å²) in [6, 6.07) is 3.71. The molecule has 18 heavy (non-hydrogen) atoms. The number of carbonyl (C=O) groups is 1. The molecule has 0 aromatic carbocycles. The van der Waals surface area contributed by atoms with Crippen LogP contribution in [0.2, 0.25) is 0 Å². The van der Waals surface area contributed by atoms with E-state index in [-0.39, 0.29) is 23.5 Å². The third-order valence-corrected chi connectivity index (χ3v) is 2.48. The molecule has 1 heterocycles. The van der Waals surface area contributed by atoms with E-state index in [1.165, 1.54) is 0 Å². The van der Waals surface area contributed by atoms with E-state index < -0.39 is 0 Å². The zero-order valence-electron chi connectivity index (χ0n) is 10.8. The molecule has 0 aliphatic heterocycles. The maximum Gasteiger partial charge on any atom is 0.239 e. The fourth-order valence-electron chi connectivity index (χ4n) is 1.47. The maximum atomic E-state index is 11.6. The first-order chi connectivity index (χ1) is 8.40. The van der Waals surface area contributed by atoms with Crippen LogP contribution in [0.25, 0.3) is 0 Å². The number of nitrogens with two attached hydrogens (primary N) is 1. The van der Waals surface area contributed by atoms with Crippen molar-refractivity contribution >= 4 is 28.8 Å². The molecule has 3 N–H and O–H groups in total. The molecule has 0 saturated carbocycles. The number of aromatic nitrogens is 1. The zero-order valence-corrected chi connectivity index (χ0v) is 11.6. The lowest BCUT2D eigenvalue weighted by Gasteiger charge is -2.20. The minimum absolute atomic E-state index is 0.0267. The Hall–Kier alpha value is -1.69. The van der Waals surface area contributed by atoms with Crippen LogP contribution in [-0.4, -0.2) is 35.5 Å². The number of likely N-dealkylation sites (N-methyl/N-ethyl adjacent to an activating group) is 1. The van der Waals surface area contributed by atoms with E-state index >= 15 is 0 Å². The second-order valence-corrected chi connectivity index (χ2v) is 4.78. The van der Waals surface area contributed by atoms with E-state index in [1.54, 1.807) is 12.3 Å². The van der Waals surface area contributed by atoms with E-state index in [1.807, 2.05) is 31.9 Å². The van der Waals surface area contributed by atoms with Gasteiger partial charge in [0.25, 0.3) is 0 Å². The quantitative estimate of drug-likeness (QED) is 0.767. The molecule has 0 radical (unpaired) electrons. The fraction of sp³-hybridized carbons (Fsp3) is 0.417. The Morgan fingerprint density at radius 2 is 2.28 bits per heavy atom. The number of anilines is 1. The molecule has 0 aliphatic carbocycles. The summed E-state index contributed by atoms with van der Waals surface area (Å²) in [6.45, 7) is 4.13. The van der Waals surface area contributed by atoms with E-state index in [9.17, 15) is 4.79 Å². The normalized spacial score (nSPS) is 10.2. The summed E-state index contributed by atoms with van der Waals surface area (Å²) in [4.78, 5) is 17.8. The summed E-state index contributed by atoms with van der Waals surface area (Å²) in [5, 5.41) is 2.83. The number of nitrogens with zero attached hydrogens (tertiary/aromatic N) is 2. The van der Waals surface area contributed by atoms with Gasteiger partial charge in [0.1, 0.15) is 4.99 Å². The highest BCUT2D eigenvalue weighted by Gasteiger charge is 2.09. The molecule has 0 spiro atoms. The van der Waals surface area contributed by atoms with Crippen LogP contribution in [0.1, 0.15) is 19.5 Å². The second kappa shape index (κ2) is 6.30. The molecular formula is C12H18N4OS. The Kier molecular flexibility index (Phi) is 5.03. The van der Waals surface area contributed by atoms with Crippen molar-refractivity contribution in [2.75, 3.05) is 18.5 Å². The molecule has 1 rings (SSSR count). The first-order valence-corrected chi connectivity index (χ1v) is 6.07. The first-order valence-electron chi connectivity index (χ1n) is 5.66. The summed E-state index contributed by atoms with van der Waals surface area (Å²) in [5.41, 5.74) is 6.93. The van der Waals surface area contributed by atoms with Gasteiger partial charge in [-0.3, -0.25) is 9.78 Å². The molecule has 0 saturated heterocycles. The van der Waals surface area contributed by atoms with Crippen molar-refractivity contribution in [2.24, 2.45) is 5.73 Å². The fourth-order valence-corrected chi connectivity index (χ4v) is 1.58. The predicted octanol–water partition coefficient (Wildman–Crippen LogP) is 0.677. The van der Waals surface area contributed by atoms with E-state index in [0.29, 0.717) is 5.69 Å². The summed E-state index contributed by atoms with van der Waals surface area (Å²) in [6.07, 6.45) is 1.63. The van der Waals surface area contributed by atoms with Gasteiger partial charge in [0.15, 0.2) is 0 Å². The van der Waals surface area contributed by atoms with Crippen LogP contribution in [0, 0.1) is 0 Å². The molecule has 6 heteroatoms. The largest absolute Gasteiger partial charge is 0.388 e. The topological polar surface area (TPSA) is 71.2 Å². The predicted molar refractivity (Wildman–Crippen MR) is 76.7 cm³/mol. The smallest absolute Gasteiger partial charge is 0.239 e. The van der Waals surface area contributed by atoms with Crippen LogP contribution in [0.5, 0.6) is 0 Å². The number of hydrogen-bond donors (Lipinski definition) is 2. The van der Waals surface area contributed by atoms with Gasteiger partial charge in [-0.05, 0) is 26.0 Å². The standard InChI is InChI=1S/C12H18N4OS/c1-8(2)15-11(17)7-16(3)9-4-5-14-10(6-9)12(13)18/h4-6,8H,7H2,1-3H3,(H2,13,18)(H,15,17). The van der Waals surface area contributed by atoms with Gasteiger partial charge in [-0.1, -0.05) is 12.2 Å². The molecule has 1 aromatic rings. The maximum absolute atomic E-state index is 11.6. The van der Waals surface area contributed by atoms with Crippen molar-refractivity contribution in [1.82, 2.24) is 10.3 Å². The van der Waals surface area contributed by atoms with Gasteiger partial charge in [0.05, 0.1) is 12.2 Å². The van der Waals surface area contributed by atoms with Crippen molar-refractivity contribution in [2.45, 2.75) is 19.9 Å². The minimum Gasteiger partial charge on any atom is -0.388 e. The van der Waals surface area contributed by atoms with E-state index in [4.69, 9.17) is 18.0 Å². The van der Waals surface area contributed by atoms with Crippen molar-refractivity contribution in [3.8, 4) is 0 Å². The minimum atomic E-state index is -0.0267. The number of amides is 1. The van der Waals surface area contributed by atoms with Crippen molar-refractivity contribution in [3.05, 3.63) is 24.0 Å². The van der Waals surface area contributed by atoms with Crippen molar-refractivity contribution in [1.29, 1.82) is 0 Å². The van der Waals surface area contributed by atoms with Crippen molar-refractivity contribution in [3.63, 3.8) is 0 Å². The van der Waals surface area contributed by atoms with Gasteiger partial charge in [0, 0.05) is 25.0 Å².